The fourth-order valence-electron chi connectivity index (χ4n) is 2.08. The highest BCUT2D eigenvalue weighted by Gasteiger charge is 2.14. The number of nitrogens with zero attached hydrogens (tertiary/aromatic N) is 3. The van der Waals surface area contributed by atoms with E-state index in [1.807, 2.05) is 24.3 Å². The molecule has 0 aliphatic rings. The number of anilines is 1. The maximum Gasteiger partial charge on any atom is 0.280 e. The zero-order valence-electron chi connectivity index (χ0n) is 9.87. The Morgan fingerprint density at radius 3 is 2.83 bits per heavy atom. The summed E-state index contributed by atoms with van der Waals surface area (Å²) in [5, 5.41) is 4.89. The lowest BCUT2D eigenvalue weighted by molar-refractivity contribution is 0.0955. The van der Waals surface area contributed by atoms with Gasteiger partial charge in [0.25, 0.3) is 5.91 Å². The molecule has 0 bridgehead atoms. The number of carbonyl (C=O) groups excluding carboxylic acids is 1. The van der Waals surface area contributed by atoms with Crippen molar-refractivity contribution in [3.05, 3.63) is 48.4 Å². The van der Waals surface area contributed by atoms with Crippen LogP contribution in [0.15, 0.2) is 42.7 Å². The highest BCUT2D eigenvalue weighted by molar-refractivity contribution is 6.03. The molecule has 5 heteroatoms. The molecule has 3 rings (SSSR count). The highest BCUT2D eigenvalue weighted by atomic mass is 16.2. The molecule has 0 unspecified atom stereocenters. The lowest BCUT2D eigenvalue weighted by Crippen LogP contribution is -2.15. The zero-order chi connectivity index (χ0) is 12.7. The minimum atomic E-state index is -0.115. The SMILES string of the molecule is Cn1nccc1C(=O)n1ccc2c(N)cccc21. The van der Waals surface area contributed by atoms with Gasteiger partial charge in [-0.15, -0.1) is 0 Å². The van der Waals surface area contributed by atoms with Crippen molar-refractivity contribution in [3.8, 4) is 0 Å². The maximum atomic E-state index is 12.4. The van der Waals surface area contributed by atoms with Crippen LogP contribution in [0.2, 0.25) is 0 Å². The first-order valence-electron chi connectivity index (χ1n) is 5.57. The van der Waals surface area contributed by atoms with E-state index >= 15 is 0 Å². The van der Waals surface area contributed by atoms with E-state index in [2.05, 4.69) is 5.10 Å². The second-order valence-electron chi connectivity index (χ2n) is 4.11. The molecule has 0 aliphatic heterocycles. The molecular formula is C13H12N4O. The molecular weight excluding hydrogens is 228 g/mol. The Kier molecular flexibility index (Phi) is 2.19. The Morgan fingerprint density at radius 2 is 2.11 bits per heavy atom. The van der Waals surface area contributed by atoms with Crippen LogP contribution < -0.4 is 5.73 Å². The topological polar surface area (TPSA) is 65.8 Å². The van der Waals surface area contributed by atoms with Crippen LogP contribution in [0.4, 0.5) is 5.69 Å². The number of nitrogens with two attached hydrogens (primary N) is 1. The van der Waals surface area contributed by atoms with Gasteiger partial charge >= 0.3 is 0 Å². The van der Waals surface area contributed by atoms with Gasteiger partial charge in [0, 0.05) is 30.5 Å². The standard InChI is InChI=1S/C13H12N4O/c1-16-12(5-7-15-16)13(18)17-8-6-9-10(14)3-2-4-11(9)17/h2-8H,14H2,1H3. The molecule has 0 saturated carbocycles. The molecule has 1 aromatic carbocycles. The number of aromatic nitrogens is 3. The van der Waals surface area contributed by atoms with Crippen LogP contribution in [0.1, 0.15) is 10.5 Å². The van der Waals surface area contributed by atoms with Crippen molar-refractivity contribution in [2.45, 2.75) is 0 Å². The van der Waals surface area contributed by atoms with Crippen molar-refractivity contribution >= 4 is 22.5 Å². The minimum absolute atomic E-state index is 0.115. The van der Waals surface area contributed by atoms with E-state index in [0.29, 0.717) is 11.4 Å². The van der Waals surface area contributed by atoms with Crippen LogP contribution in [-0.2, 0) is 7.05 Å². The quantitative estimate of drug-likeness (QED) is 0.658. The first kappa shape index (κ1) is 10.6. The van der Waals surface area contributed by atoms with E-state index < -0.39 is 0 Å². The average Bonchev–Trinajstić information content (AvgIpc) is 2.95. The third-order valence-electron chi connectivity index (χ3n) is 3.03. The molecule has 0 radical (unpaired) electrons. The van der Waals surface area contributed by atoms with E-state index in [1.165, 1.54) is 0 Å². The molecule has 0 atom stereocenters. The van der Waals surface area contributed by atoms with Gasteiger partial charge in [0.1, 0.15) is 5.69 Å². The molecule has 0 spiro atoms. The van der Waals surface area contributed by atoms with Crippen LogP contribution in [0, 0.1) is 0 Å². The number of nitrogen functional groups attached to an aromatic ring is 1. The maximum absolute atomic E-state index is 12.4. The fraction of sp³-hybridized carbons (Fsp3) is 0.0769. The van der Waals surface area contributed by atoms with Crippen molar-refractivity contribution in [1.29, 1.82) is 0 Å². The third-order valence-corrected chi connectivity index (χ3v) is 3.03. The molecule has 0 fully saturated rings. The van der Waals surface area contributed by atoms with Gasteiger partial charge in [0.2, 0.25) is 0 Å². The smallest absolute Gasteiger partial charge is 0.280 e. The summed E-state index contributed by atoms with van der Waals surface area (Å²) in [6, 6.07) is 9.07. The van der Waals surface area contributed by atoms with Crippen molar-refractivity contribution in [3.63, 3.8) is 0 Å². The number of fused-ring (bicyclic) bond motifs is 1. The summed E-state index contributed by atoms with van der Waals surface area (Å²) >= 11 is 0. The van der Waals surface area contributed by atoms with E-state index in [-0.39, 0.29) is 5.91 Å². The van der Waals surface area contributed by atoms with E-state index in [1.54, 1.807) is 34.8 Å². The summed E-state index contributed by atoms with van der Waals surface area (Å²) in [4.78, 5) is 12.4. The molecule has 0 saturated heterocycles. The first-order valence-corrected chi connectivity index (χ1v) is 5.57. The average molecular weight is 240 g/mol. The predicted octanol–water partition coefficient (Wildman–Crippen LogP) is 1.65. The van der Waals surface area contributed by atoms with Gasteiger partial charge in [-0.05, 0) is 24.3 Å². The first-order chi connectivity index (χ1) is 8.68. The Hall–Kier alpha value is -2.56. The Labute approximate surface area is 103 Å². The van der Waals surface area contributed by atoms with Crippen molar-refractivity contribution in [1.82, 2.24) is 14.3 Å². The highest BCUT2D eigenvalue weighted by Crippen LogP contribution is 2.22. The van der Waals surface area contributed by atoms with Crippen LogP contribution in [0.3, 0.4) is 0 Å². The number of hydrogen-bond donors (Lipinski definition) is 1. The van der Waals surface area contributed by atoms with Gasteiger partial charge in [-0.1, -0.05) is 6.07 Å². The number of carbonyl (C=O) groups is 1. The zero-order valence-corrected chi connectivity index (χ0v) is 9.87. The monoisotopic (exact) mass is 240 g/mol. The van der Waals surface area contributed by atoms with Gasteiger partial charge in [-0.3, -0.25) is 14.0 Å². The number of benzene rings is 1. The molecule has 18 heavy (non-hydrogen) atoms. The number of hydrogen-bond acceptors (Lipinski definition) is 3. The van der Waals surface area contributed by atoms with E-state index in [4.69, 9.17) is 5.73 Å². The normalized spacial score (nSPS) is 10.9. The molecule has 90 valence electrons. The summed E-state index contributed by atoms with van der Waals surface area (Å²) < 4.78 is 3.14. The van der Waals surface area contributed by atoms with Gasteiger partial charge in [0.15, 0.2) is 0 Å². The minimum Gasteiger partial charge on any atom is -0.398 e. The van der Waals surface area contributed by atoms with Crippen molar-refractivity contribution in [2.24, 2.45) is 7.05 Å². The van der Waals surface area contributed by atoms with Crippen molar-refractivity contribution < 1.29 is 4.79 Å². The molecule has 3 aromatic rings. The van der Waals surface area contributed by atoms with Crippen LogP contribution in [0.5, 0.6) is 0 Å². The summed E-state index contributed by atoms with van der Waals surface area (Å²) in [6.45, 7) is 0. The Balaban J connectivity index is 2.19. The second kappa shape index (κ2) is 3.73. The van der Waals surface area contributed by atoms with Gasteiger partial charge in [-0.25, -0.2) is 0 Å². The molecule has 5 nitrogen and oxygen atoms in total. The molecule has 2 aromatic heterocycles. The van der Waals surface area contributed by atoms with Crippen LogP contribution in [0.25, 0.3) is 10.9 Å². The molecule has 0 aliphatic carbocycles. The van der Waals surface area contributed by atoms with Crippen LogP contribution in [-0.4, -0.2) is 20.3 Å². The molecule has 2 N–H and O–H groups in total. The fourth-order valence-corrected chi connectivity index (χ4v) is 2.08. The molecule has 0 amide bonds. The molecule has 2 heterocycles. The Bertz CT molecular complexity index is 738. The summed E-state index contributed by atoms with van der Waals surface area (Å²) in [5.41, 5.74) is 7.89. The van der Waals surface area contributed by atoms with Crippen LogP contribution >= 0.6 is 0 Å². The Morgan fingerprint density at radius 1 is 1.28 bits per heavy atom. The van der Waals surface area contributed by atoms with E-state index in [9.17, 15) is 4.79 Å². The number of rotatable bonds is 1. The van der Waals surface area contributed by atoms with Gasteiger partial charge < -0.3 is 5.73 Å². The van der Waals surface area contributed by atoms with E-state index in [0.717, 1.165) is 10.9 Å². The lowest BCUT2D eigenvalue weighted by Gasteiger charge is -2.04. The summed E-state index contributed by atoms with van der Waals surface area (Å²) in [6.07, 6.45) is 3.34. The third kappa shape index (κ3) is 1.41. The van der Waals surface area contributed by atoms with Gasteiger partial charge in [0.05, 0.1) is 5.52 Å². The summed E-state index contributed by atoms with van der Waals surface area (Å²) in [7, 11) is 1.74. The lowest BCUT2D eigenvalue weighted by atomic mass is 10.2. The predicted molar refractivity (Wildman–Crippen MR) is 69.3 cm³/mol. The van der Waals surface area contributed by atoms with Gasteiger partial charge in [-0.2, -0.15) is 5.10 Å². The largest absolute Gasteiger partial charge is 0.398 e. The second-order valence-corrected chi connectivity index (χ2v) is 4.11. The summed E-state index contributed by atoms with van der Waals surface area (Å²) in [5.74, 6) is -0.115. The number of aryl methyl sites for hydroxylation is 1. The van der Waals surface area contributed by atoms with Crippen molar-refractivity contribution in [2.75, 3.05) is 5.73 Å².